The third-order valence-electron chi connectivity index (χ3n) is 2.93. The number of alkyl halides is 1. The quantitative estimate of drug-likeness (QED) is 0.613. The Morgan fingerprint density at radius 2 is 1.80 bits per heavy atom. The van der Waals surface area contributed by atoms with Crippen molar-refractivity contribution in [3.05, 3.63) is 34.9 Å². The Hall–Kier alpha value is -0.820. The standard InChI is InChI=1S/C12H14Cl2N2O3S/c13-10-3-1-9(2-4-10)11(17)15-7-8-16-20(18,19)12(14)5-6-12/h1-4,16H,5-8H2,(H,15,17). The van der Waals surface area contributed by atoms with Crippen LogP contribution in [0.5, 0.6) is 0 Å². The van der Waals surface area contributed by atoms with Crippen molar-refractivity contribution in [2.75, 3.05) is 13.1 Å². The van der Waals surface area contributed by atoms with Crippen LogP contribution in [0.25, 0.3) is 0 Å². The smallest absolute Gasteiger partial charge is 0.251 e. The van der Waals surface area contributed by atoms with Crippen LogP contribution in [0.15, 0.2) is 24.3 Å². The van der Waals surface area contributed by atoms with Crippen LogP contribution < -0.4 is 10.0 Å². The van der Waals surface area contributed by atoms with Gasteiger partial charge in [0.25, 0.3) is 5.91 Å². The average Bonchev–Trinajstić information content (AvgIpc) is 3.15. The van der Waals surface area contributed by atoms with Gasteiger partial charge in [-0.05, 0) is 37.1 Å². The number of carbonyl (C=O) groups is 1. The predicted octanol–water partition coefficient (Wildman–Crippen LogP) is 1.72. The van der Waals surface area contributed by atoms with Crippen molar-refractivity contribution in [2.45, 2.75) is 17.0 Å². The van der Waals surface area contributed by atoms with E-state index < -0.39 is 14.2 Å². The van der Waals surface area contributed by atoms with Crippen LogP contribution in [0, 0.1) is 0 Å². The zero-order valence-electron chi connectivity index (χ0n) is 10.5. The second kappa shape index (κ2) is 5.89. The van der Waals surface area contributed by atoms with Gasteiger partial charge in [0.15, 0.2) is 4.21 Å². The Labute approximate surface area is 127 Å². The van der Waals surface area contributed by atoms with Gasteiger partial charge in [0.1, 0.15) is 0 Å². The first-order chi connectivity index (χ1) is 9.34. The number of hydrogen-bond donors (Lipinski definition) is 2. The van der Waals surface area contributed by atoms with Crippen LogP contribution in [0.3, 0.4) is 0 Å². The Morgan fingerprint density at radius 1 is 1.20 bits per heavy atom. The first kappa shape index (κ1) is 15.6. The molecular formula is C12H14Cl2N2O3S. The van der Waals surface area contributed by atoms with Crippen molar-refractivity contribution in [3.8, 4) is 0 Å². The van der Waals surface area contributed by atoms with E-state index in [4.69, 9.17) is 23.2 Å². The van der Waals surface area contributed by atoms with Gasteiger partial charge in [-0.15, -0.1) is 11.6 Å². The summed E-state index contributed by atoms with van der Waals surface area (Å²) in [6, 6.07) is 6.42. The van der Waals surface area contributed by atoms with E-state index >= 15 is 0 Å². The third-order valence-corrected chi connectivity index (χ3v) is 6.13. The molecule has 1 aliphatic rings. The highest BCUT2D eigenvalue weighted by Crippen LogP contribution is 2.46. The zero-order valence-corrected chi connectivity index (χ0v) is 12.9. The van der Waals surface area contributed by atoms with E-state index in [0.29, 0.717) is 23.4 Å². The molecule has 110 valence electrons. The lowest BCUT2D eigenvalue weighted by Crippen LogP contribution is -2.38. The Balaban J connectivity index is 1.76. The molecule has 2 rings (SSSR count). The van der Waals surface area contributed by atoms with E-state index in [0.717, 1.165) is 0 Å². The molecule has 1 aromatic rings. The molecule has 1 fully saturated rings. The van der Waals surface area contributed by atoms with Crippen molar-refractivity contribution < 1.29 is 13.2 Å². The molecule has 0 aliphatic heterocycles. The third kappa shape index (κ3) is 3.63. The number of benzene rings is 1. The van der Waals surface area contributed by atoms with Gasteiger partial charge in [-0.3, -0.25) is 4.79 Å². The minimum Gasteiger partial charge on any atom is -0.351 e. The summed E-state index contributed by atoms with van der Waals surface area (Å²) in [6.45, 7) is 0.295. The summed E-state index contributed by atoms with van der Waals surface area (Å²) in [5.74, 6) is -0.284. The normalized spacial score (nSPS) is 16.7. The molecule has 1 amide bonds. The maximum Gasteiger partial charge on any atom is 0.251 e. The fourth-order valence-corrected chi connectivity index (χ4v) is 3.21. The van der Waals surface area contributed by atoms with Crippen LogP contribution in [0.4, 0.5) is 0 Å². The lowest BCUT2D eigenvalue weighted by Gasteiger charge is -2.11. The number of carbonyl (C=O) groups excluding carboxylic acids is 1. The highest BCUT2D eigenvalue weighted by molar-refractivity contribution is 7.92. The Bertz CT molecular complexity index is 598. The zero-order chi connectivity index (χ0) is 14.8. The number of sulfonamides is 1. The van der Waals surface area contributed by atoms with Crippen molar-refractivity contribution >= 4 is 39.1 Å². The van der Waals surface area contributed by atoms with Gasteiger partial charge < -0.3 is 5.32 Å². The number of amides is 1. The molecule has 1 saturated carbocycles. The maximum atomic E-state index is 11.7. The Kier molecular flexibility index (Phi) is 4.59. The molecule has 8 heteroatoms. The van der Waals surface area contributed by atoms with Gasteiger partial charge in [0, 0.05) is 23.7 Å². The lowest BCUT2D eigenvalue weighted by molar-refractivity contribution is 0.0954. The molecule has 0 atom stereocenters. The monoisotopic (exact) mass is 336 g/mol. The number of hydrogen-bond acceptors (Lipinski definition) is 3. The van der Waals surface area contributed by atoms with Gasteiger partial charge in [0.05, 0.1) is 0 Å². The van der Waals surface area contributed by atoms with E-state index in [2.05, 4.69) is 10.0 Å². The molecule has 0 radical (unpaired) electrons. The lowest BCUT2D eigenvalue weighted by atomic mass is 10.2. The molecule has 1 aliphatic carbocycles. The van der Waals surface area contributed by atoms with Crippen LogP contribution in [0.2, 0.25) is 5.02 Å². The van der Waals surface area contributed by atoms with Gasteiger partial charge in [0.2, 0.25) is 10.0 Å². The summed E-state index contributed by atoms with van der Waals surface area (Å²) in [4.78, 5) is 11.7. The minimum absolute atomic E-state index is 0.107. The van der Waals surface area contributed by atoms with Crippen LogP contribution in [0.1, 0.15) is 23.2 Å². The van der Waals surface area contributed by atoms with Gasteiger partial charge in [-0.25, -0.2) is 13.1 Å². The SMILES string of the molecule is O=C(NCCNS(=O)(=O)C1(Cl)CC1)c1ccc(Cl)cc1. The fraction of sp³-hybridized carbons (Fsp3) is 0.417. The minimum atomic E-state index is -3.51. The number of nitrogens with one attached hydrogen (secondary N) is 2. The molecule has 20 heavy (non-hydrogen) atoms. The number of rotatable bonds is 6. The number of halogens is 2. The molecule has 0 unspecified atom stereocenters. The molecule has 1 aromatic carbocycles. The molecular weight excluding hydrogens is 323 g/mol. The largest absolute Gasteiger partial charge is 0.351 e. The molecule has 5 nitrogen and oxygen atoms in total. The summed E-state index contributed by atoms with van der Waals surface area (Å²) < 4.78 is 24.6. The van der Waals surface area contributed by atoms with E-state index in [1.807, 2.05) is 0 Å². The topological polar surface area (TPSA) is 75.3 Å². The van der Waals surface area contributed by atoms with E-state index in [-0.39, 0.29) is 19.0 Å². The molecule has 0 aromatic heterocycles. The van der Waals surface area contributed by atoms with Crippen molar-refractivity contribution in [1.29, 1.82) is 0 Å². The highest BCUT2D eigenvalue weighted by atomic mass is 35.5. The maximum absolute atomic E-state index is 11.7. The van der Waals surface area contributed by atoms with Gasteiger partial charge in [-0.1, -0.05) is 11.6 Å². The Morgan fingerprint density at radius 3 is 2.35 bits per heavy atom. The van der Waals surface area contributed by atoms with E-state index in [1.54, 1.807) is 24.3 Å². The fourth-order valence-electron chi connectivity index (χ4n) is 1.56. The summed E-state index contributed by atoms with van der Waals surface area (Å²) in [5.41, 5.74) is 0.466. The van der Waals surface area contributed by atoms with Crippen LogP contribution in [-0.2, 0) is 10.0 Å². The summed E-state index contributed by atoms with van der Waals surface area (Å²) in [6.07, 6.45) is 0.919. The van der Waals surface area contributed by atoms with Crippen molar-refractivity contribution in [1.82, 2.24) is 10.0 Å². The first-order valence-corrected chi connectivity index (χ1v) is 8.30. The van der Waals surface area contributed by atoms with Gasteiger partial charge >= 0.3 is 0 Å². The summed E-state index contributed by atoms with van der Waals surface area (Å²) in [7, 11) is -3.51. The first-order valence-electron chi connectivity index (χ1n) is 6.06. The van der Waals surface area contributed by atoms with Crippen molar-refractivity contribution in [3.63, 3.8) is 0 Å². The molecule has 0 bridgehead atoms. The molecule has 0 spiro atoms. The summed E-state index contributed by atoms with van der Waals surface area (Å²) in [5, 5.41) is 3.16. The predicted molar refractivity (Wildman–Crippen MR) is 78.5 cm³/mol. The second-order valence-corrected chi connectivity index (χ2v) is 8.00. The van der Waals surface area contributed by atoms with Crippen LogP contribution >= 0.6 is 23.2 Å². The van der Waals surface area contributed by atoms with Gasteiger partial charge in [-0.2, -0.15) is 0 Å². The van der Waals surface area contributed by atoms with E-state index in [9.17, 15) is 13.2 Å². The van der Waals surface area contributed by atoms with Crippen LogP contribution in [-0.4, -0.2) is 31.6 Å². The molecule has 0 heterocycles. The van der Waals surface area contributed by atoms with E-state index in [1.165, 1.54) is 0 Å². The van der Waals surface area contributed by atoms with Crippen molar-refractivity contribution in [2.24, 2.45) is 0 Å². The summed E-state index contributed by atoms with van der Waals surface area (Å²) >= 11 is 11.6. The molecule has 0 saturated heterocycles. The average molecular weight is 337 g/mol. The second-order valence-electron chi connectivity index (χ2n) is 4.54. The molecule has 2 N–H and O–H groups in total. The highest BCUT2D eigenvalue weighted by Gasteiger charge is 2.52.